The normalized spacial score (nSPS) is 21.0. The molecule has 0 bridgehead atoms. The summed E-state index contributed by atoms with van der Waals surface area (Å²) in [4.78, 5) is 67.9. The van der Waals surface area contributed by atoms with E-state index in [1.54, 1.807) is 70.3 Å². The van der Waals surface area contributed by atoms with Crippen LogP contribution in [0.25, 0.3) is 22.3 Å². The van der Waals surface area contributed by atoms with Crippen LogP contribution in [0.15, 0.2) is 90.8 Å². The van der Waals surface area contributed by atoms with Gasteiger partial charge in [0, 0.05) is 46.8 Å². The maximum Gasteiger partial charge on any atom is 0.408 e. The van der Waals surface area contributed by atoms with Crippen LogP contribution in [0, 0.1) is 23.0 Å². The highest BCUT2D eigenvalue weighted by Gasteiger charge is 2.67. The molecule has 3 heterocycles. The Morgan fingerprint density at radius 1 is 0.973 bits per heavy atom. The molecule has 2 aromatic heterocycles. The number of hydrogen-bond acceptors (Lipinski definition) is 14. The van der Waals surface area contributed by atoms with Gasteiger partial charge in [-0.25, -0.2) is 28.3 Å². The van der Waals surface area contributed by atoms with E-state index in [0.29, 0.717) is 51.8 Å². The fourth-order valence-electron chi connectivity index (χ4n) is 9.40. The number of methoxy groups -OCH3 is 1. The second kappa shape index (κ2) is 22.0. The molecule has 3 aromatic carbocycles. The van der Waals surface area contributed by atoms with Crippen LogP contribution in [-0.4, -0.2) is 94.8 Å². The molecule has 3 aliphatic rings. The smallest absolute Gasteiger partial charge is 0.408 e. The minimum Gasteiger partial charge on any atom is -0.497 e. The summed E-state index contributed by atoms with van der Waals surface area (Å²) >= 11 is 1.42. The average molecular weight is 1040 g/mol. The number of esters is 1. The Morgan fingerprint density at radius 2 is 1.70 bits per heavy atom. The van der Waals surface area contributed by atoms with Crippen molar-refractivity contribution in [2.75, 3.05) is 25.8 Å². The number of fused-ring (bicyclic) bond motifs is 1. The number of nitrogens with zero attached hydrogens (tertiary/aromatic N) is 3. The van der Waals surface area contributed by atoms with Crippen LogP contribution < -0.4 is 25.4 Å². The second-order valence-corrected chi connectivity index (χ2v) is 23.6. The summed E-state index contributed by atoms with van der Waals surface area (Å²) in [6.45, 7) is 12.2. The summed E-state index contributed by atoms with van der Waals surface area (Å²) in [5.41, 5.74) is 0.292. The van der Waals surface area contributed by atoms with Gasteiger partial charge in [0.2, 0.25) is 19.2 Å². The van der Waals surface area contributed by atoms with Crippen LogP contribution >= 0.6 is 18.7 Å². The quantitative estimate of drug-likeness (QED) is 0.0306. The number of thiazole rings is 1. The van der Waals surface area contributed by atoms with Crippen LogP contribution in [0.5, 0.6) is 11.5 Å². The molecule has 6 atom stereocenters. The Balaban J connectivity index is 1.15. The number of carbonyl (C=O) groups is 4. The predicted octanol–water partition coefficient (Wildman–Crippen LogP) is 10.2. The summed E-state index contributed by atoms with van der Waals surface area (Å²) in [6, 6.07) is 15.8. The van der Waals surface area contributed by atoms with Gasteiger partial charge in [0.1, 0.15) is 58.4 Å². The fourth-order valence-corrected chi connectivity index (χ4v) is 13.2. The molecule has 5 aromatic rings. The molecule has 1 saturated heterocycles. The Hall–Kier alpha value is -6.43. The number of halogens is 2. The first-order valence-electron chi connectivity index (χ1n) is 24.3. The maximum atomic E-state index is 15.6. The number of carbonyl (C=O) groups excluding carboxylic acids is 4. The predicted molar refractivity (Wildman–Crippen MR) is 272 cm³/mol. The van der Waals surface area contributed by atoms with E-state index in [9.17, 15) is 9.59 Å². The minimum atomic E-state index is -4.57. The van der Waals surface area contributed by atoms with Crippen molar-refractivity contribution in [1.29, 1.82) is 0 Å². The van der Waals surface area contributed by atoms with E-state index in [2.05, 4.69) is 22.5 Å². The van der Waals surface area contributed by atoms with E-state index in [1.165, 1.54) is 34.4 Å². The lowest BCUT2D eigenvalue weighted by Gasteiger charge is -2.36. The molecule has 0 spiro atoms. The molecular weight excluding hydrogens is 982 g/mol. The lowest BCUT2D eigenvalue weighted by molar-refractivity contribution is -0.142. The van der Waals surface area contributed by atoms with E-state index >= 15 is 22.9 Å². The number of rotatable bonds is 19. The zero-order valence-corrected chi connectivity index (χ0v) is 43.4. The number of aromatic nitrogens is 2. The van der Waals surface area contributed by atoms with Crippen molar-refractivity contribution in [3.8, 4) is 22.9 Å². The Morgan fingerprint density at radius 3 is 2.36 bits per heavy atom. The molecule has 1 aliphatic heterocycles. The SMILES string of the molecule is C=C[C@@H]1C[C@]1(NC(=O)[C@@H]1C[C@@H](Oc2cc(-c3csc(NC(C)C)n3)nc3cc(OC)ccc23)CN1C(=O)[C@@H](NC(=O)OC1CCCC1)C(C)(C)C)P(=O)(Cc1c(F)cccc1F)OCOC(=O)c1ccccc1. The first-order chi connectivity index (χ1) is 34.8. The Labute approximate surface area is 427 Å². The van der Waals surface area contributed by atoms with Gasteiger partial charge in [-0.2, -0.15) is 0 Å². The minimum absolute atomic E-state index is 0.0394. The average Bonchev–Trinajstić information content (AvgIpc) is 3.75. The van der Waals surface area contributed by atoms with Gasteiger partial charge in [0.05, 0.1) is 36.6 Å². The van der Waals surface area contributed by atoms with Crippen molar-refractivity contribution in [2.24, 2.45) is 11.3 Å². The first-order valence-corrected chi connectivity index (χ1v) is 27.0. The number of benzene rings is 3. The van der Waals surface area contributed by atoms with Gasteiger partial charge in [-0.05, 0) is 87.8 Å². The van der Waals surface area contributed by atoms with E-state index in [0.717, 1.165) is 31.0 Å². The summed E-state index contributed by atoms with van der Waals surface area (Å²) in [5.74, 6) is -4.07. The van der Waals surface area contributed by atoms with Crippen LogP contribution in [0.1, 0.15) is 89.1 Å². The van der Waals surface area contributed by atoms with Gasteiger partial charge in [-0.3, -0.25) is 18.7 Å². The molecule has 20 heteroatoms. The highest BCUT2D eigenvalue weighted by molar-refractivity contribution is 7.60. The summed E-state index contributed by atoms with van der Waals surface area (Å²) in [6.07, 6.45) is 1.75. The molecule has 3 fully saturated rings. The van der Waals surface area contributed by atoms with Crippen LogP contribution in [0.2, 0.25) is 0 Å². The maximum absolute atomic E-state index is 15.6. The van der Waals surface area contributed by atoms with E-state index < -0.39 is 96.2 Å². The number of alkyl carbamates (subject to hydrolysis) is 1. The molecule has 8 rings (SSSR count). The largest absolute Gasteiger partial charge is 0.497 e. The van der Waals surface area contributed by atoms with E-state index in [4.69, 9.17) is 33.4 Å². The van der Waals surface area contributed by atoms with Gasteiger partial charge < -0.3 is 39.8 Å². The molecular formula is C53H61F2N6O10PS. The molecule has 3 amide bonds. The summed E-state index contributed by atoms with van der Waals surface area (Å²) in [7, 11) is -3.02. The van der Waals surface area contributed by atoms with Gasteiger partial charge in [0.25, 0.3) is 0 Å². The fraction of sp³-hybridized carbons (Fsp3) is 0.434. The number of pyridine rings is 1. The molecule has 388 valence electrons. The van der Waals surface area contributed by atoms with Crippen LogP contribution in [0.3, 0.4) is 0 Å². The summed E-state index contributed by atoms with van der Waals surface area (Å²) in [5, 5.41) is 10.4. The number of nitrogens with one attached hydrogen (secondary N) is 3. The van der Waals surface area contributed by atoms with E-state index in [1.807, 2.05) is 19.2 Å². The lowest BCUT2D eigenvalue weighted by Crippen LogP contribution is -2.58. The number of amides is 3. The standard InChI is InChI=1S/C53H61F2N6O10PS/c1-8-33-26-53(33,72(66,28-38-39(54)19-14-20-40(38)55)69-30-68-49(64)32-15-10-9-11-16-32)60-47(62)44-24-36(27-61(44)48(63)46(52(4,5)6)59-51(65)71-34-17-12-13-18-34)70-45-25-42(43-29-73-50(58-43)56-31(2)3)57-41-23-35(67-7)21-22-37(41)45/h8-11,14-16,19-23,25,29,31,33-34,36,44,46H,1,12-13,17-18,24,26-28,30H2,2-7H3,(H,56,58)(H,59,65)(H,60,62)/t33-,36-,44+,46-,53+,72?/m1/s1. The second-order valence-electron chi connectivity index (χ2n) is 20.0. The third kappa shape index (κ3) is 11.8. The molecule has 2 saturated carbocycles. The van der Waals surface area contributed by atoms with Gasteiger partial charge in [0.15, 0.2) is 11.9 Å². The highest BCUT2D eigenvalue weighted by Crippen LogP contribution is 2.74. The highest BCUT2D eigenvalue weighted by atomic mass is 32.1. The topological polar surface area (TPSA) is 197 Å². The van der Waals surface area contributed by atoms with Crippen molar-refractivity contribution in [2.45, 2.75) is 115 Å². The van der Waals surface area contributed by atoms with Gasteiger partial charge in [-0.1, -0.05) is 51.1 Å². The Bertz CT molecular complexity index is 2890. The van der Waals surface area contributed by atoms with Crippen LogP contribution in [-0.2, 0) is 34.3 Å². The number of ether oxygens (including phenoxy) is 4. The van der Waals surface area contributed by atoms with Gasteiger partial charge in [-0.15, -0.1) is 17.9 Å². The first kappa shape index (κ1) is 52.9. The molecule has 3 N–H and O–H groups in total. The van der Waals surface area contributed by atoms with Crippen molar-refractivity contribution in [3.05, 3.63) is 114 Å². The van der Waals surface area contributed by atoms with Crippen molar-refractivity contribution in [3.63, 3.8) is 0 Å². The zero-order chi connectivity index (χ0) is 52.2. The summed E-state index contributed by atoms with van der Waals surface area (Å²) < 4.78 is 76.0. The Kier molecular flexibility index (Phi) is 15.9. The molecule has 73 heavy (non-hydrogen) atoms. The van der Waals surface area contributed by atoms with Gasteiger partial charge >= 0.3 is 12.1 Å². The number of anilines is 1. The lowest BCUT2D eigenvalue weighted by atomic mass is 9.85. The van der Waals surface area contributed by atoms with Crippen LogP contribution in [0.4, 0.5) is 18.7 Å². The molecule has 0 radical (unpaired) electrons. The van der Waals surface area contributed by atoms with Crippen molar-refractivity contribution in [1.82, 2.24) is 25.5 Å². The molecule has 2 aliphatic carbocycles. The molecule has 16 nitrogen and oxygen atoms in total. The number of likely N-dealkylation sites (tertiary alicyclic amines) is 1. The monoisotopic (exact) mass is 1040 g/mol. The van der Waals surface area contributed by atoms with E-state index in [-0.39, 0.29) is 37.1 Å². The third-order valence-electron chi connectivity index (χ3n) is 13.4. The van der Waals surface area contributed by atoms with Crippen molar-refractivity contribution >= 4 is 58.6 Å². The number of hydrogen-bond donors (Lipinski definition) is 3. The third-order valence-corrected chi connectivity index (χ3v) is 17.2. The molecule has 1 unspecified atom stereocenters. The van der Waals surface area contributed by atoms with Crippen molar-refractivity contribution < 1.29 is 56.0 Å². The zero-order valence-electron chi connectivity index (χ0n) is 41.7.